The summed E-state index contributed by atoms with van der Waals surface area (Å²) < 4.78 is 1.56. The quantitative estimate of drug-likeness (QED) is 0.362. The van der Waals surface area contributed by atoms with E-state index in [2.05, 4.69) is 25.5 Å². The summed E-state index contributed by atoms with van der Waals surface area (Å²) in [6.07, 6.45) is 4.55. The number of carbonyl (C=O) groups is 2. The van der Waals surface area contributed by atoms with E-state index in [-0.39, 0.29) is 11.5 Å². The number of nitrogens with zero attached hydrogens (tertiary/aromatic N) is 5. The zero-order valence-corrected chi connectivity index (χ0v) is 16.4. The molecule has 1 unspecified atom stereocenters. The molecule has 0 radical (unpaired) electrons. The number of nitrogens with one attached hydrogen (secondary N) is 1. The number of carbonyl (C=O) groups excluding carboxylic acids is 2. The molecular formula is C16H17AsN8O2. The van der Waals surface area contributed by atoms with E-state index in [9.17, 15) is 9.59 Å². The van der Waals surface area contributed by atoms with Crippen molar-refractivity contribution in [3.63, 3.8) is 0 Å². The van der Waals surface area contributed by atoms with Crippen molar-refractivity contribution in [3.8, 4) is 5.69 Å². The van der Waals surface area contributed by atoms with Gasteiger partial charge in [0, 0.05) is 0 Å². The third-order valence-corrected chi connectivity index (χ3v) is 6.14. The summed E-state index contributed by atoms with van der Waals surface area (Å²) >= 11 is -1.02. The molecule has 3 rings (SSSR count). The molecule has 1 aromatic carbocycles. The van der Waals surface area contributed by atoms with Gasteiger partial charge in [-0.3, -0.25) is 0 Å². The first-order valence-corrected chi connectivity index (χ1v) is 10.0. The first-order valence-electron chi connectivity index (χ1n) is 7.90. The van der Waals surface area contributed by atoms with Crippen molar-refractivity contribution in [2.45, 2.75) is 13.0 Å². The molecule has 0 saturated carbocycles. The number of rotatable bonds is 7. The summed E-state index contributed by atoms with van der Waals surface area (Å²) in [6.45, 7) is 1.60. The Morgan fingerprint density at radius 1 is 1.22 bits per heavy atom. The van der Waals surface area contributed by atoms with Crippen LogP contribution in [0.15, 0.2) is 42.9 Å². The Hall–Kier alpha value is -3.26. The fourth-order valence-electron chi connectivity index (χ4n) is 2.19. The van der Waals surface area contributed by atoms with Crippen LogP contribution in [-0.2, 0) is 4.79 Å². The third-order valence-electron chi connectivity index (χ3n) is 3.59. The molecule has 138 valence electrons. The molecule has 0 aliphatic heterocycles. The Morgan fingerprint density at radius 3 is 2.63 bits per heavy atom. The number of primary amides is 2. The van der Waals surface area contributed by atoms with E-state index in [0.29, 0.717) is 4.48 Å². The van der Waals surface area contributed by atoms with Crippen LogP contribution in [0.3, 0.4) is 0 Å². The fourth-order valence-corrected chi connectivity index (χ4v) is 4.61. The normalized spacial score (nSPS) is 12.2. The number of aromatic nitrogens is 5. The van der Waals surface area contributed by atoms with Gasteiger partial charge >= 0.3 is 161 Å². The first-order chi connectivity index (χ1) is 12.9. The fraction of sp³-hybridized carbons (Fsp3) is 0.125. The predicted octanol–water partition coefficient (Wildman–Crippen LogP) is -2.17. The summed E-state index contributed by atoms with van der Waals surface area (Å²) in [5.74, 6) is -0.919. The molecule has 2 heterocycles. The van der Waals surface area contributed by atoms with E-state index < -0.39 is 33.6 Å². The van der Waals surface area contributed by atoms with Gasteiger partial charge in [0.2, 0.25) is 0 Å². The molecule has 0 saturated heterocycles. The van der Waals surface area contributed by atoms with Crippen molar-refractivity contribution in [1.82, 2.24) is 25.0 Å². The van der Waals surface area contributed by atoms with Gasteiger partial charge in [-0.2, -0.15) is 0 Å². The van der Waals surface area contributed by atoms with Gasteiger partial charge in [-0.25, -0.2) is 0 Å². The first kappa shape index (κ1) is 18.5. The second-order valence-corrected chi connectivity index (χ2v) is 8.31. The van der Waals surface area contributed by atoms with Gasteiger partial charge in [0.05, 0.1) is 0 Å². The Labute approximate surface area is 161 Å². The number of hydrogen-bond acceptors (Lipinski definition) is 7. The van der Waals surface area contributed by atoms with Crippen molar-refractivity contribution >= 4 is 42.3 Å². The molecule has 11 heteroatoms. The number of hydrogen-bond donors (Lipinski definition) is 3. The zero-order valence-electron chi connectivity index (χ0n) is 14.3. The molecular weight excluding hydrogens is 411 g/mol. The summed E-state index contributed by atoms with van der Waals surface area (Å²) in [4.78, 5) is 32.9. The minimum atomic E-state index is -1.02. The summed E-state index contributed by atoms with van der Waals surface area (Å²) in [7, 11) is 0. The molecule has 0 bridgehead atoms. The molecule has 5 N–H and O–H groups in total. The number of amides is 2. The van der Waals surface area contributed by atoms with Gasteiger partial charge in [-0.15, -0.1) is 0 Å². The van der Waals surface area contributed by atoms with Gasteiger partial charge in [-0.1, -0.05) is 0 Å². The third kappa shape index (κ3) is 4.48. The zero-order chi connectivity index (χ0) is 19.4. The van der Waals surface area contributed by atoms with Gasteiger partial charge in [0.15, 0.2) is 0 Å². The minimum absolute atomic E-state index is 0.218. The summed E-state index contributed by atoms with van der Waals surface area (Å²) in [5, 5.41) is 11.0. The molecule has 2 amide bonds. The van der Waals surface area contributed by atoms with Crippen LogP contribution in [-0.4, -0.2) is 58.6 Å². The van der Waals surface area contributed by atoms with Crippen molar-refractivity contribution in [2.24, 2.45) is 11.5 Å². The van der Waals surface area contributed by atoms with Crippen LogP contribution in [0.25, 0.3) is 5.69 Å². The average Bonchev–Trinajstić information content (AvgIpc) is 3.16. The summed E-state index contributed by atoms with van der Waals surface area (Å²) in [6, 6.07) is 7.00. The molecule has 3 aromatic rings. The Kier molecular flexibility index (Phi) is 5.46. The van der Waals surface area contributed by atoms with Crippen molar-refractivity contribution in [2.75, 3.05) is 5.32 Å². The molecule has 2 atom stereocenters. The average molecular weight is 428 g/mol. The van der Waals surface area contributed by atoms with Crippen LogP contribution in [0, 0.1) is 0 Å². The topological polar surface area (TPSA) is 155 Å². The molecule has 27 heavy (non-hydrogen) atoms. The van der Waals surface area contributed by atoms with E-state index in [1.807, 2.05) is 24.3 Å². The van der Waals surface area contributed by atoms with E-state index in [1.165, 1.54) is 11.0 Å². The van der Waals surface area contributed by atoms with Gasteiger partial charge in [-0.05, 0) is 0 Å². The van der Waals surface area contributed by atoms with Crippen molar-refractivity contribution in [1.29, 1.82) is 0 Å². The van der Waals surface area contributed by atoms with Crippen molar-refractivity contribution < 1.29 is 9.59 Å². The maximum atomic E-state index is 11.8. The van der Waals surface area contributed by atoms with Crippen LogP contribution in [0.2, 0.25) is 0 Å². The van der Waals surface area contributed by atoms with E-state index in [4.69, 9.17) is 11.5 Å². The number of benzene rings is 1. The van der Waals surface area contributed by atoms with E-state index in [0.717, 1.165) is 10.0 Å². The Bertz CT molecular complexity index is 976. The second kappa shape index (κ2) is 7.96. The SMILES string of the molecule is C[C@@H](Nc1ncc(C(N)=O)c([AsH]c2cccc(-n3nccn3)c2)n1)C(N)=O. The van der Waals surface area contributed by atoms with Gasteiger partial charge in [0.25, 0.3) is 0 Å². The van der Waals surface area contributed by atoms with Crippen LogP contribution in [0.4, 0.5) is 5.95 Å². The van der Waals surface area contributed by atoms with Crippen LogP contribution in [0.5, 0.6) is 0 Å². The number of anilines is 1. The van der Waals surface area contributed by atoms with Gasteiger partial charge in [0.1, 0.15) is 0 Å². The van der Waals surface area contributed by atoms with Crippen LogP contribution >= 0.6 is 0 Å². The van der Waals surface area contributed by atoms with E-state index >= 15 is 0 Å². The molecule has 0 spiro atoms. The standard InChI is InChI=1S/C16H17AsN8O2/c1-9(14(18)26)23-16-20-8-12(15(19)27)13(24-16)17-10-3-2-4-11(7-10)25-21-5-6-22-25/h2-9,17H,1H3,(H2,18,26)(H2,19,27)(H,20,23,24)/t9-/m1/s1. The van der Waals surface area contributed by atoms with Crippen molar-refractivity contribution in [3.05, 3.63) is 48.4 Å². The summed E-state index contributed by atoms with van der Waals surface area (Å²) in [5.41, 5.74) is 11.8. The van der Waals surface area contributed by atoms with Gasteiger partial charge < -0.3 is 0 Å². The van der Waals surface area contributed by atoms with E-state index in [1.54, 1.807) is 19.3 Å². The van der Waals surface area contributed by atoms with Crippen LogP contribution < -0.4 is 25.6 Å². The second-order valence-electron chi connectivity index (χ2n) is 5.58. The number of nitrogens with two attached hydrogens (primary N) is 2. The monoisotopic (exact) mass is 428 g/mol. The predicted molar refractivity (Wildman–Crippen MR) is 101 cm³/mol. The molecule has 0 aliphatic carbocycles. The Balaban J connectivity index is 1.91. The molecule has 0 aliphatic rings. The molecule has 0 fully saturated rings. The molecule has 2 aromatic heterocycles. The van der Waals surface area contributed by atoms with Crippen LogP contribution in [0.1, 0.15) is 17.3 Å². The molecule has 10 nitrogen and oxygen atoms in total. The maximum absolute atomic E-state index is 11.8. The Morgan fingerprint density at radius 2 is 1.96 bits per heavy atom.